The van der Waals surface area contributed by atoms with Crippen LogP contribution in [-0.2, 0) is 16.7 Å². The molecular weight excluding hydrogens is 399 g/mol. The molecule has 0 atom stereocenters. The fourth-order valence-electron chi connectivity index (χ4n) is 2.36. The molecule has 0 radical (unpaired) electrons. The highest BCUT2D eigenvalue weighted by atomic mass is 32.2. The molecule has 0 saturated carbocycles. The maximum atomic E-state index is 12.5. The van der Waals surface area contributed by atoms with Crippen LogP contribution in [0.15, 0.2) is 40.5 Å². The van der Waals surface area contributed by atoms with E-state index < -0.39 is 11.7 Å². The molecule has 0 unspecified atom stereocenters. The molecule has 10 heteroatoms. The standard InChI is InChI=1S/C17H14F3N3O2S2/c1-10-7-27-16-22-13(6-15(25)23(10)16)8-26-9-14(24)21-12-4-2-11(3-5-12)17(18,19)20/h2-7H,8-9H2,1H3,(H,21,24). The molecule has 0 aliphatic rings. The molecule has 0 aliphatic carbocycles. The Morgan fingerprint density at radius 3 is 2.67 bits per heavy atom. The number of amides is 1. The van der Waals surface area contributed by atoms with Gasteiger partial charge in [0.1, 0.15) is 0 Å². The fourth-order valence-corrected chi connectivity index (χ4v) is 3.97. The lowest BCUT2D eigenvalue weighted by molar-refractivity contribution is -0.137. The molecule has 1 aromatic carbocycles. The smallest absolute Gasteiger partial charge is 0.325 e. The van der Waals surface area contributed by atoms with Crippen molar-refractivity contribution in [1.82, 2.24) is 9.38 Å². The number of aromatic nitrogens is 2. The Kier molecular flexibility index (Phi) is 5.56. The number of aryl methyl sites for hydroxylation is 1. The number of benzene rings is 1. The second kappa shape index (κ2) is 7.73. The van der Waals surface area contributed by atoms with Crippen molar-refractivity contribution < 1.29 is 18.0 Å². The van der Waals surface area contributed by atoms with Gasteiger partial charge < -0.3 is 5.32 Å². The Balaban J connectivity index is 1.55. The summed E-state index contributed by atoms with van der Waals surface area (Å²) in [6.07, 6.45) is -4.41. The zero-order valence-electron chi connectivity index (χ0n) is 14.0. The predicted octanol–water partition coefficient (Wildman–Crippen LogP) is 3.96. The summed E-state index contributed by atoms with van der Waals surface area (Å²) in [6.45, 7) is 1.83. The fraction of sp³-hybridized carbons (Fsp3) is 0.235. The maximum Gasteiger partial charge on any atom is 0.416 e. The molecule has 3 aromatic rings. The number of nitrogens with zero attached hydrogens (tertiary/aromatic N) is 2. The Bertz CT molecular complexity index is 1030. The number of hydrogen-bond donors (Lipinski definition) is 1. The van der Waals surface area contributed by atoms with E-state index in [9.17, 15) is 22.8 Å². The van der Waals surface area contributed by atoms with Crippen LogP contribution in [0.1, 0.15) is 17.0 Å². The second-order valence-electron chi connectivity index (χ2n) is 5.70. The van der Waals surface area contributed by atoms with Crippen molar-refractivity contribution in [3.05, 3.63) is 63.0 Å². The normalized spacial score (nSPS) is 11.7. The largest absolute Gasteiger partial charge is 0.416 e. The van der Waals surface area contributed by atoms with Crippen molar-refractivity contribution in [1.29, 1.82) is 0 Å². The van der Waals surface area contributed by atoms with Gasteiger partial charge in [-0.05, 0) is 31.2 Å². The van der Waals surface area contributed by atoms with Crippen molar-refractivity contribution in [2.24, 2.45) is 0 Å². The molecule has 0 aliphatic heterocycles. The molecule has 0 fully saturated rings. The molecule has 1 amide bonds. The zero-order valence-corrected chi connectivity index (χ0v) is 15.7. The van der Waals surface area contributed by atoms with E-state index in [-0.39, 0.29) is 17.2 Å². The summed E-state index contributed by atoms with van der Waals surface area (Å²) in [6, 6.07) is 5.69. The van der Waals surface area contributed by atoms with E-state index in [1.165, 1.54) is 45.7 Å². The van der Waals surface area contributed by atoms with Gasteiger partial charge in [0.2, 0.25) is 5.91 Å². The number of hydrogen-bond acceptors (Lipinski definition) is 5. The number of carbonyl (C=O) groups is 1. The first kappa shape index (κ1) is 19.4. The van der Waals surface area contributed by atoms with Crippen molar-refractivity contribution in [3.63, 3.8) is 0 Å². The van der Waals surface area contributed by atoms with E-state index in [4.69, 9.17) is 0 Å². The van der Waals surface area contributed by atoms with Crippen LogP contribution in [0.5, 0.6) is 0 Å². The van der Waals surface area contributed by atoms with Crippen molar-refractivity contribution in [2.45, 2.75) is 18.9 Å². The molecule has 0 saturated heterocycles. The number of rotatable bonds is 5. The summed E-state index contributed by atoms with van der Waals surface area (Å²) >= 11 is 2.64. The van der Waals surface area contributed by atoms with E-state index in [2.05, 4.69) is 10.3 Å². The molecule has 2 heterocycles. The third-order valence-electron chi connectivity index (χ3n) is 3.61. The lowest BCUT2D eigenvalue weighted by atomic mass is 10.2. The van der Waals surface area contributed by atoms with E-state index in [1.54, 1.807) is 0 Å². The summed E-state index contributed by atoms with van der Waals surface area (Å²) in [5, 5.41) is 4.39. The van der Waals surface area contributed by atoms with Crippen molar-refractivity contribution in [3.8, 4) is 0 Å². The number of anilines is 1. The van der Waals surface area contributed by atoms with Crippen LogP contribution >= 0.6 is 23.1 Å². The Morgan fingerprint density at radius 2 is 2.00 bits per heavy atom. The highest BCUT2D eigenvalue weighted by molar-refractivity contribution is 7.99. The Morgan fingerprint density at radius 1 is 1.30 bits per heavy atom. The van der Waals surface area contributed by atoms with Gasteiger partial charge in [-0.25, -0.2) is 4.98 Å². The van der Waals surface area contributed by atoms with E-state index in [0.29, 0.717) is 22.1 Å². The molecule has 0 bridgehead atoms. The van der Waals surface area contributed by atoms with Crippen molar-refractivity contribution >= 4 is 39.7 Å². The van der Waals surface area contributed by atoms with Crippen molar-refractivity contribution in [2.75, 3.05) is 11.1 Å². The van der Waals surface area contributed by atoms with Gasteiger partial charge in [0, 0.05) is 28.6 Å². The zero-order chi connectivity index (χ0) is 19.6. The van der Waals surface area contributed by atoms with Crippen LogP contribution in [0.4, 0.5) is 18.9 Å². The van der Waals surface area contributed by atoms with Gasteiger partial charge in [-0.1, -0.05) is 0 Å². The van der Waals surface area contributed by atoms with E-state index >= 15 is 0 Å². The highest BCUT2D eigenvalue weighted by Crippen LogP contribution is 2.29. The lowest BCUT2D eigenvalue weighted by Gasteiger charge is -2.08. The van der Waals surface area contributed by atoms with Gasteiger partial charge in [0.05, 0.1) is 17.0 Å². The Hall–Kier alpha value is -2.33. The number of halogens is 3. The number of alkyl halides is 3. The lowest BCUT2D eigenvalue weighted by Crippen LogP contribution is -2.16. The number of thioether (sulfide) groups is 1. The molecule has 142 valence electrons. The molecule has 1 N–H and O–H groups in total. The van der Waals surface area contributed by atoms with Gasteiger partial charge in [0.25, 0.3) is 5.56 Å². The predicted molar refractivity (Wildman–Crippen MR) is 100 cm³/mol. The topological polar surface area (TPSA) is 63.5 Å². The van der Waals surface area contributed by atoms with Gasteiger partial charge in [-0.2, -0.15) is 13.2 Å². The Labute approximate surface area is 160 Å². The number of carbonyl (C=O) groups excluding carboxylic acids is 1. The number of nitrogens with one attached hydrogen (secondary N) is 1. The summed E-state index contributed by atoms with van der Waals surface area (Å²) in [5.41, 5.74) is 0.757. The van der Waals surface area contributed by atoms with Gasteiger partial charge in [-0.15, -0.1) is 23.1 Å². The quantitative estimate of drug-likeness (QED) is 0.688. The van der Waals surface area contributed by atoms with Crippen LogP contribution in [-0.4, -0.2) is 21.0 Å². The number of thiazole rings is 1. The van der Waals surface area contributed by atoms with Crippen LogP contribution in [0.25, 0.3) is 4.96 Å². The minimum absolute atomic E-state index is 0.0888. The van der Waals surface area contributed by atoms with Gasteiger partial charge in [-0.3, -0.25) is 14.0 Å². The van der Waals surface area contributed by atoms with Gasteiger partial charge in [0.15, 0.2) is 4.96 Å². The first-order valence-electron chi connectivity index (χ1n) is 7.75. The summed E-state index contributed by atoms with van der Waals surface area (Å²) in [4.78, 5) is 29.0. The second-order valence-corrected chi connectivity index (χ2v) is 7.52. The molecule has 3 rings (SSSR count). The maximum absolute atomic E-state index is 12.5. The first-order chi connectivity index (χ1) is 12.7. The van der Waals surface area contributed by atoms with Crippen LogP contribution in [0, 0.1) is 6.92 Å². The molecular formula is C17H14F3N3O2S2. The highest BCUT2D eigenvalue weighted by Gasteiger charge is 2.29. The number of fused-ring (bicyclic) bond motifs is 1. The molecule has 5 nitrogen and oxygen atoms in total. The summed E-state index contributed by atoms with van der Waals surface area (Å²) in [5.74, 6) is 0.124. The van der Waals surface area contributed by atoms with E-state index in [1.807, 2.05) is 12.3 Å². The molecule has 27 heavy (non-hydrogen) atoms. The third kappa shape index (κ3) is 4.69. The minimum atomic E-state index is -4.41. The SMILES string of the molecule is Cc1csc2nc(CSCC(=O)Nc3ccc(C(F)(F)F)cc3)cc(=O)n12. The van der Waals surface area contributed by atoms with Crippen LogP contribution in [0.3, 0.4) is 0 Å². The van der Waals surface area contributed by atoms with Crippen LogP contribution in [0.2, 0.25) is 0 Å². The summed E-state index contributed by atoms with van der Waals surface area (Å²) in [7, 11) is 0. The molecule has 0 spiro atoms. The first-order valence-corrected chi connectivity index (χ1v) is 9.79. The monoisotopic (exact) mass is 413 g/mol. The van der Waals surface area contributed by atoms with Crippen LogP contribution < -0.4 is 10.9 Å². The third-order valence-corrected chi connectivity index (χ3v) is 5.52. The van der Waals surface area contributed by atoms with Gasteiger partial charge >= 0.3 is 6.18 Å². The van der Waals surface area contributed by atoms with E-state index in [0.717, 1.165) is 17.8 Å². The average molecular weight is 413 g/mol. The average Bonchev–Trinajstić information content (AvgIpc) is 2.96. The minimum Gasteiger partial charge on any atom is -0.325 e. The molecule has 2 aromatic heterocycles. The summed E-state index contributed by atoms with van der Waals surface area (Å²) < 4.78 is 39.1.